The van der Waals surface area contributed by atoms with Crippen LogP contribution < -0.4 is 4.89 Å². The number of allylic oxidation sites excluding steroid dienone is 2. The van der Waals surface area contributed by atoms with Crippen LogP contribution in [0.25, 0.3) is 0 Å². The van der Waals surface area contributed by atoms with Gasteiger partial charge < -0.3 is 4.89 Å². The highest BCUT2D eigenvalue weighted by Gasteiger charge is 2.53. The molecule has 0 aromatic rings. The molecule has 0 aromatic carbocycles. The van der Waals surface area contributed by atoms with Crippen molar-refractivity contribution in [3.05, 3.63) is 12.2 Å². The van der Waals surface area contributed by atoms with Crippen molar-refractivity contribution in [2.75, 3.05) is 21.1 Å². The maximum Gasteiger partial charge on any atom is 0.376 e. The third kappa shape index (κ3) is 16.4. The molecule has 0 amide bonds. The molecule has 2 atom stereocenters. The lowest BCUT2D eigenvalue weighted by Crippen LogP contribution is -2.55. The van der Waals surface area contributed by atoms with Gasteiger partial charge in [0.2, 0.25) is 0 Å². The van der Waals surface area contributed by atoms with E-state index in [4.69, 9.17) is 0 Å². The number of nitrogens with zero attached hydrogens (tertiary/aromatic N) is 1. The van der Waals surface area contributed by atoms with E-state index in [1.165, 1.54) is 109 Å². The van der Waals surface area contributed by atoms with Gasteiger partial charge in [0.1, 0.15) is 0 Å². The molecule has 0 bridgehead atoms. The third-order valence-corrected chi connectivity index (χ3v) is 9.30. The van der Waals surface area contributed by atoms with Crippen LogP contribution in [-0.4, -0.2) is 30.9 Å². The maximum atomic E-state index is 12.1. The normalized spacial score (nSPS) is 14.6. The first-order valence-electron chi connectivity index (χ1n) is 14.9. The summed E-state index contributed by atoms with van der Waals surface area (Å²) in [7, 11) is 3.66. The molecule has 2 unspecified atom stereocenters. The van der Waals surface area contributed by atoms with E-state index < -0.39 is 13.3 Å². The second kappa shape index (κ2) is 22.0. The molecule has 0 heterocycles. The maximum absolute atomic E-state index is 12.1. The highest BCUT2D eigenvalue weighted by Crippen LogP contribution is 2.45. The molecule has 0 rings (SSSR count). The van der Waals surface area contributed by atoms with Crippen molar-refractivity contribution in [2.45, 2.75) is 160 Å². The predicted octanol–water partition coefficient (Wildman–Crippen LogP) is 9.67. The number of rotatable bonds is 25. The molecule has 34 heavy (non-hydrogen) atoms. The molecule has 0 saturated heterocycles. The second-order valence-corrected chi connectivity index (χ2v) is 12.8. The molecule has 4 heteroatoms. The van der Waals surface area contributed by atoms with E-state index >= 15 is 0 Å². The van der Waals surface area contributed by atoms with E-state index in [9.17, 15) is 9.46 Å². The molecule has 3 nitrogen and oxygen atoms in total. The van der Waals surface area contributed by atoms with E-state index in [1.54, 1.807) is 0 Å². The van der Waals surface area contributed by atoms with Crippen molar-refractivity contribution >= 4 is 8.03 Å². The molecule has 202 valence electrons. The molecule has 0 N–H and O–H groups in total. The predicted molar refractivity (Wildman–Crippen MR) is 150 cm³/mol. The fourth-order valence-corrected chi connectivity index (χ4v) is 6.40. The van der Waals surface area contributed by atoms with Gasteiger partial charge in [0, 0.05) is 12.8 Å². The van der Waals surface area contributed by atoms with Crippen LogP contribution in [0.1, 0.15) is 155 Å². The van der Waals surface area contributed by atoms with Gasteiger partial charge in [-0.2, -0.15) is 0 Å². The Balaban J connectivity index is 3.59. The summed E-state index contributed by atoms with van der Waals surface area (Å²) in [5.74, 6) is 0. The van der Waals surface area contributed by atoms with Crippen LogP contribution in [0.5, 0.6) is 0 Å². The fraction of sp³-hybridized carbons (Fsp3) is 0.933. The Morgan fingerprint density at radius 3 is 1.32 bits per heavy atom. The van der Waals surface area contributed by atoms with Crippen molar-refractivity contribution in [3.63, 3.8) is 0 Å². The molecule has 0 aliphatic heterocycles. The Bertz CT molecular complexity index is 501. The summed E-state index contributed by atoms with van der Waals surface area (Å²) in [6, 6.07) is 0. The minimum atomic E-state index is -2.43. The molecule has 0 fully saturated rings. The summed E-state index contributed by atoms with van der Waals surface area (Å²) in [5.41, 5.74) is 0. The van der Waals surface area contributed by atoms with Crippen molar-refractivity contribution in [1.29, 1.82) is 0 Å². The summed E-state index contributed by atoms with van der Waals surface area (Å²) in [4.78, 5) is 12.1. The van der Waals surface area contributed by atoms with Gasteiger partial charge in [-0.1, -0.05) is 120 Å². The third-order valence-electron chi connectivity index (χ3n) is 7.58. The molecular formula is C30H61NO2P+. The van der Waals surface area contributed by atoms with Crippen molar-refractivity contribution in [3.8, 4) is 0 Å². The zero-order chi connectivity index (χ0) is 25.5. The lowest BCUT2D eigenvalue weighted by Gasteiger charge is -2.39. The first-order valence-corrected chi connectivity index (χ1v) is 16.1. The number of quaternary nitrogens is 1. The minimum Gasteiger partial charge on any atom is -0.590 e. The molecule has 0 aliphatic rings. The van der Waals surface area contributed by atoms with Gasteiger partial charge in [-0.25, -0.2) is 0 Å². The summed E-state index contributed by atoms with van der Waals surface area (Å²) in [5, 5.41) is -0.599. The van der Waals surface area contributed by atoms with Crippen LogP contribution >= 0.6 is 8.03 Å². The number of hydrogen-bond acceptors (Lipinski definition) is 2. The molecule has 0 aliphatic carbocycles. The van der Waals surface area contributed by atoms with E-state index in [0.717, 1.165) is 32.1 Å². The van der Waals surface area contributed by atoms with Crippen LogP contribution in [-0.2, 0) is 4.57 Å². The Kier molecular flexibility index (Phi) is 21.8. The van der Waals surface area contributed by atoms with Gasteiger partial charge in [0.05, 0.1) is 21.1 Å². The lowest BCUT2D eigenvalue weighted by atomic mass is 9.99. The van der Waals surface area contributed by atoms with Crippen molar-refractivity contribution in [2.24, 2.45) is 0 Å². The number of unbranched alkanes of at least 4 members (excludes halogenated alkanes) is 17. The van der Waals surface area contributed by atoms with Gasteiger partial charge in [-0.3, -0.25) is 4.48 Å². The first kappa shape index (κ1) is 33.8. The SMILES string of the molecule is CCCCCCCCCCCCCCCC=CCCCCCCC(CCC)([P+](=O)[O-])[N+](C)(C)C. The van der Waals surface area contributed by atoms with E-state index in [1.807, 2.05) is 21.1 Å². The topological polar surface area (TPSA) is 40.1 Å². The average molecular weight is 499 g/mol. The van der Waals surface area contributed by atoms with Crippen LogP contribution in [0, 0.1) is 0 Å². The summed E-state index contributed by atoms with van der Waals surface area (Å²) in [6.45, 7) is 4.38. The molecule has 0 spiro atoms. The lowest BCUT2D eigenvalue weighted by molar-refractivity contribution is -0.910. The summed E-state index contributed by atoms with van der Waals surface area (Å²) < 4.78 is 12.6. The van der Waals surface area contributed by atoms with Gasteiger partial charge in [0.25, 0.3) is 5.28 Å². The highest BCUT2D eigenvalue weighted by atomic mass is 31.1. The van der Waals surface area contributed by atoms with Gasteiger partial charge in [-0.05, 0) is 38.5 Å². The second-order valence-electron chi connectivity index (χ2n) is 11.5. The van der Waals surface area contributed by atoms with Crippen molar-refractivity contribution in [1.82, 2.24) is 0 Å². The molecule has 0 aromatic heterocycles. The summed E-state index contributed by atoms with van der Waals surface area (Å²) >= 11 is 0. The Labute approximate surface area is 215 Å². The molecular weight excluding hydrogens is 437 g/mol. The summed E-state index contributed by atoms with van der Waals surface area (Å²) in [6.07, 6.45) is 32.6. The van der Waals surface area contributed by atoms with Crippen LogP contribution in [0.2, 0.25) is 0 Å². The van der Waals surface area contributed by atoms with Crippen molar-refractivity contribution < 1.29 is 13.9 Å². The smallest absolute Gasteiger partial charge is 0.376 e. The Hall–Kier alpha value is -0.240. The largest absolute Gasteiger partial charge is 0.590 e. The first-order chi connectivity index (χ1) is 16.3. The minimum absolute atomic E-state index is 0.515. The molecule has 0 radical (unpaired) electrons. The Morgan fingerprint density at radius 1 is 0.588 bits per heavy atom. The van der Waals surface area contributed by atoms with E-state index in [-0.39, 0.29) is 0 Å². The standard InChI is InChI=1S/C30H61NO2P/c1-6-8-9-10-11-12-13-14-15-16-17-18-19-20-21-22-23-24-25-26-27-29-30(28-7-2,34(32)33)31(3,4)5/h21-22H,6-20,23-29H2,1-5H3/q+1. The monoisotopic (exact) mass is 498 g/mol. The van der Waals surface area contributed by atoms with E-state index in [0.29, 0.717) is 4.48 Å². The van der Waals surface area contributed by atoms with Gasteiger partial charge in [-0.15, -0.1) is 0 Å². The zero-order valence-corrected chi connectivity index (χ0v) is 24.8. The average Bonchev–Trinajstić information content (AvgIpc) is 2.78. The van der Waals surface area contributed by atoms with Crippen LogP contribution in [0.3, 0.4) is 0 Å². The molecule has 0 saturated carbocycles. The fourth-order valence-electron chi connectivity index (χ4n) is 5.16. The highest BCUT2D eigenvalue weighted by molar-refractivity contribution is 7.38. The van der Waals surface area contributed by atoms with Crippen LogP contribution in [0.4, 0.5) is 0 Å². The zero-order valence-electron chi connectivity index (χ0n) is 23.9. The quantitative estimate of drug-likeness (QED) is 0.0544. The van der Waals surface area contributed by atoms with E-state index in [2.05, 4.69) is 26.0 Å². The van der Waals surface area contributed by atoms with Crippen LogP contribution in [0.15, 0.2) is 12.2 Å². The van der Waals surface area contributed by atoms with Gasteiger partial charge in [0.15, 0.2) is 0 Å². The number of hydrogen-bond donors (Lipinski definition) is 0. The van der Waals surface area contributed by atoms with Gasteiger partial charge >= 0.3 is 8.03 Å². The Morgan fingerprint density at radius 2 is 0.971 bits per heavy atom.